The third-order valence-electron chi connectivity index (χ3n) is 3.12. The topological polar surface area (TPSA) is 43.4 Å². The Balaban J connectivity index is 1.95. The smallest absolute Gasteiger partial charge is 0.247 e. The van der Waals surface area contributed by atoms with E-state index in [1.807, 2.05) is 30.3 Å². The van der Waals surface area contributed by atoms with Crippen LogP contribution in [0.2, 0.25) is 25.7 Å². The molecule has 2 rings (SSSR count). The normalized spacial score (nSPS) is 11.2. The Morgan fingerprint density at radius 2 is 2.00 bits per heavy atom. The molecule has 0 amide bonds. The molecule has 0 bridgehead atoms. The van der Waals surface area contributed by atoms with Crippen molar-refractivity contribution in [3.8, 4) is 0 Å². The molecule has 116 valence electrons. The van der Waals surface area contributed by atoms with Gasteiger partial charge in [0.25, 0.3) is 0 Å². The van der Waals surface area contributed by atoms with Crippen LogP contribution in [-0.4, -0.2) is 24.5 Å². The van der Waals surface area contributed by atoms with Crippen molar-refractivity contribution in [3.63, 3.8) is 0 Å². The summed E-state index contributed by atoms with van der Waals surface area (Å²) >= 11 is 0. The Kier molecular flexibility index (Phi) is 5.36. The predicted octanol–water partition coefficient (Wildman–Crippen LogP) is 4.49. The van der Waals surface area contributed by atoms with Crippen molar-refractivity contribution in [3.05, 3.63) is 47.9 Å². The van der Waals surface area contributed by atoms with Gasteiger partial charge >= 0.3 is 0 Å². The number of nitrogens with one attached hydrogen (secondary N) is 1. The first-order chi connectivity index (χ1) is 10.5. The van der Waals surface area contributed by atoms with E-state index < -0.39 is 8.07 Å². The second-order valence-electron chi connectivity index (χ2n) is 6.35. The highest BCUT2D eigenvalue weighted by Crippen LogP contribution is 2.26. The number of nitrogens with zero attached hydrogens (tertiary/aromatic N) is 3. The van der Waals surface area contributed by atoms with Crippen LogP contribution in [0.15, 0.2) is 36.5 Å². The van der Waals surface area contributed by atoms with Crippen LogP contribution < -0.4 is 5.32 Å². The summed E-state index contributed by atoms with van der Waals surface area (Å²) in [7, 11) is -1.07. The quantitative estimate of drug-likeness (QED) is 0.465. The molecular formula is C16H22N4OSi. The van der Waals surface area contributed by atoms with Crippen molar-refractivity contribution in [2.45, 2.75) is 32.4 Å². The minimum absolute atomic E-state index is 0.378. The van der Waals surface area contributed by atoms with E-state index in [1.165, 1.54) is 0 Å². The molecule has 1 aromatic heterocycles. The largest absolute Gasteiger partial charge is 0.360 e. The summed E-state index contributed by atoms with van der Waals surface area (Å²) in [6.45, 7) is 15.3. The molecule has 0 aliphatic heterocycles. The van der Waals surface area contributed by atoms with Gasteiger partial charge in [-0.1, -0.05) is 37.8 Å². The van der Waals surface area contributed by atoms with E-state index in [4.69, 9.17) is 11.3 Å². The molecule has 2 aromatic rings. The average molecular weight is 314 g/mol. The lowest BCUT2D eigenvalue weighted by molar-refractivity contribution is 0.0788. The number of ether oxygens (including phenoxy) is 1. The standard InChI is InChI=1S/C16H22N4OSi/c1-17-15-12-20(13-21-10-11-22(2,3)4)19-16(15)18-14-8-6-5-7-9-14/h5-9,12H,10-11,13H2,2-4H3,(H,18,19). The van der Waals surface area contributed by atoms with Gasteiger partial charge < -0.3 is 10.1 Å². The van der Waals surface area contributed by atoms with Crippen LogP contribution in [0.25, 0.3) is 4.85 Å². The summed E-state index contributed by atoms with van der Waals surface area (Å²) in [5.74, 6) is 0.565. The fourth-order valence-electron chi connectivity index (χ4n) is 1.84. The molecule has 0 saturated heterocycles. The van der Waals surface area contributed by atoms with Crippen molar-refractivity contribution in [2.24, 2.45) is 0 Å². The van der Waals surface area contributed by atoms with Gasteiger partial charge in [-0.15, -0.1) is 0 Å². The third kappa shape index (κ3) is 5.02. The van der Waals surface area contributed by atoms with Gasteiger partial charge in [0.2, 0.25) is 5.69 Å². The molecule has 22 heavy (non-hydrogen) atoms. The Morgan fingerprint density at radius 3 is 2.64 bits per heavy atom. The number of anilines is 2. The molecule has 1 N–H and O–H groups in total. The minimum Gasteiger partial charge on any atom is -0.360 e. The summed E-state index contributed by atoms with van der Waals surface area (Å²) < 4.78 is 7.33. The maximum atomic E-state index is 7.26. The first kappa shape index (κ1) is 16.3. The van der Waals surface area contributed by atoms with Crippen LogP contribution in [0.4, 0.5) is 17.2 Å². The van der Waals surface area contributed by atoms with Crippen LogP contribution in [0.1, 0.15) is 0 Å². The first-order valence-electron chi connectivity index (χ1n) is 7.33. The highest BCUT2D eigenvalue weighted by Gasteiger charge is 2.13. The second-order valence-corrected chi connectivity index (χ2v) is 12.0. The molecule has 0 aliphatic rings. The summed E-state index contributed by atoms with van der Waals surface area (Å²) in [5, 5.41) is 7.55. The van der Waals surface area contributed by atoms with Gasteiger partial charge in [0.1, 0.15) is 6.73 Å². The number of aromatic nitrogens is 2. The average Bonchev–Trinajstić information content (AvgIpc) is 2.86. The van der Waals surface area contributed by atoms with Crippen molar-refractivity contribution in [1.29, 1.82) is 0 Å². The second kappa shape index (κ2) is 7.25. The zero-order valence-corrected chi connectivity index (χ0v) is 14.3. The number of hydrogen-bond donors (Lipinski definition) is 1. The van der Waals surface area contributed by atoms with E-state index in [9.17, 15) is 0 Å². The molecule has 0 radical (unpaired) electrons. The number of benzene rings is 1. The van der Waals surface area contributed by atoms with E-state index in [0.717, 1.165) is 18.3 Å². The van der Waals surface area contributed by atoms with E-state index in [0.29, 0.717) is 18.2 Å². The van der Waals surface area contributed by atoms with Crippen molar-refractivity contribution in [1.82, 2.24) is 9.78 Å². The van der Waals surface area contributed by atoms with Crippen molar-refractivity contribution < 1.29 is 4.74 Å². The maximum absolute atomic E-state index is 7.26. The molecule has 0 spiro atoms. The maximum Gasteiger partial charge on any atom is 0.247 e. The minimum atomic E-state index is -1.07. The van der Waals surface area contributed by atoms with Crippen LogP contribution in [0.3, 0.4) is 0 Å². The van der Waals surface area contributed by atoms with Crippen LogP contribution in [-0.2, 0) is 11.5 Å². The van der Waals surface area contributed by atoms with E-state index >= 15 is 0 Å². The van der Waals surface area contributed by atoms with E-state index in [2.05, 4.69) is 34.9 Å². The van der Waals surface area contributed by atoms with Gasteiger partial charge in [-0.2, -0.15) is 5.10 Å². The van der Waals surface area contributed by atoms with Crippen LogP contribution >= 0.6 is 0 Å². The number of hydrogen-bond acceptors (Lipinski definition) is 3. The highest BCUT2D eigenvalue weighted by atomic mass is 28.3. The van der Waals surface area contributed by atoms with Crippen molar-refractivity contribution >= 4 is 25.3 Å². The zero-order chi connectivity index (χ0) is 16.0. The summed E-state index contributed by atoms with van der Waals surface area (Å²) in [6.07, 6.45) is 1.72. The highest BCUT2D eigenvalue weighted by molar-refractivity contribution is 6.76. The number of para-hydroxylation sites is 1. The zero-order valence-electron chi connectivity index (χ0n) is 13.3. The molecule has 0 atom stereocenters. The molecular weight excluding hydrogens is 292 g/mol. The summed E-state index contributed by atoms with van der Waals surface area (Å²) in [6, 6.07) is 10.8. The summed E-state index contributed by atoms with van der Waals surface area (Å²) in [4.78, 5) is 3.51. The van der Waals surface area contributed by atoms with Gasteiger partial charge in [-0.3, -0.25) is 4.68 Å². The predicted molar refractivity (Wildman–Crippen MR) is 92.3 cm³/mol. The molecule has 1 aromatic carbocycles. The molecule has 0 unspecified atom stereocenters. The molecule has 0 aliphatic carbocycles. The van der Waals surface area contributed by atoms with Crippen molar-refractivity contribution in [2.75, 3.05) is 11.9 Å². The van der Waals surface area contributed by atoms with Gasteiger partial charge in [0.15, 0.2) is 5.82 Å². The Labute approximate surface area is 132 Å². The Morgan fingerprint density at radius 1 is 1.27 bits per heavy atom. The molecule has 0 fully saturated rings. The van der Waals surface area contributed by atoms with Crippen LogP contribution in [0, 0.1) is 6.57 Å². The Hall–Kier alpha value is -2.10. The monoisotopic (exact) mass is 314 g/mol. The lowest BCUT2D eigenvalue weighted by Crippen LogP contribution is -2.22. The lowest BCUT2D eigenvalue weighted by Gasteiger charge is -2.15. The molecule has 0 saturated carbocycles. The first-order valence-corrected chi connectivity index (χ1v) is 11.0. The fraction of sp³-hybridized carbons (Fsp3) is 0.375. The van der Waals surface area contributed by atoms with E-state index in [-0.39, 0.29) is 0 Å². The third-order valence-corrected chi connectivity index (χ3v) is 4.82. The molecule has 6 heteroatoms. The van der Waals surface area contributed by atoms with Gasteiger partial charge in [0.05, 0.1) is 6.57 Å². The number of rotatable bonds is 7. The van der Waals surface area contributed by atoms with Crippen LogP contribution in [0.5, 0.6) is 0 Å². The molecule has 1 heterocycles. The van der Waals surface area contributed by atoms with E-state index in [1.54, 1.807) is 10.9 Å². The lowest BCUT2D eigenvalue weighted by atomic mass is 10.3. The summed E-state index contributed by atoms with van der Waals surface area (Å²) in [5.41, 5.74) is 1.41. The van der Waals surface area contributed by atoms with Gasteiger partial charge in [0, 0.05) is 26.6 Å². The van der Waals surface area contributed by atoms with Gasteiger partial charge in [-0.05, 0) is 18.2 Å². The Bertz CT molecular complexity index is 640. The fourth-order valence-corrected chi connectivity index (χ4v) is 2.60. The SMILES string of the molecule is [C-]#[N+]c1cn(COCC[Si](C)(C)C)nc1Nc1ccccc1. The molecule has 5 nitrogen and oxygen atoms in total. The van der Waals surface area contributed by atoms with Gasteiger partial charge in [-0.25, -0.2) is 4.85 Å².